The monoisotopic (exact) mass is 241 g/mol. The van der Waals surface area contributed by atoms with Gasteiger partial charge in [-0.2, -0.15) is 0 Å². The molecule has 0 radical (unpaired) electrons. The van der Waals surface area contributed by atoms with E-state index in [1.165, 1.54) is 0 Å². The normalized spacial score (nSPS) is 12.2. The van der Waals surface area contributed by atoms with Crippen LogP contribution in [0.5, 0.6) is 5.75 Å². The predicted octanol–water partition coefficient (Wildman–Crippen LogP) is 0.477. The van der Waals surface area contributed by atoms with Gasteiger partial charge in [0.05, 0.1) is 19.3 Å². The van der Waals surface area contributed by atoms with Gasteiger partial charge in [0, 0.05) is 25.4 Å². The number of hydrogen-bond acceptors (Lipinski definition) is 5. The second-order valence-corrected chi connectivity index (χ2v) is 3.59. The molecule has 0 saturated heterocycles. The number of aliphatic hydroxyl groups excluding tert-OH is 2. The van der Waals surface area contributed by atoms with Crippen molar-refractivity contribution in [2.75, 3.05) is 38.8 Å². The highest BCUT2D eigenvalue weighted by atomic mass is 16.5. The first-order valence-electron chi connectivity index (χ1n) is 5.51. The molecule has 0 heterocycles. The molecule has 0 aromatic heterocycles. The van der Waals surface area contributed by atoms with Gasteiger partial charge in [0.1, 0.15) is 12.4 Å². The Morgan fingerprint density at radius 3 is 2.88 bits per heavy atom. The summed E-state index contributed by atoms with van der Waals surface area (Å²) in [4.78, 5) is 0. The Morgan fingerprint density at radius 2 is 2.18 bits per heavy atom. The van der Waals surface area contributed by atoms with Gasteiger partial charge in [-0.3, -0.25) is 0 Å². The van der Waals surface area contributed by atoms with E-state index in [1.54, 1.807) is 7.11 Å². The lowest BCUT2D eigenvalue weighted by molar-refractivity contribution is 0.105. The number of hydrogen-bond donors (Lipinski definition) is 3. The Bertz CT molecular complexity index is 319. The largest absolute Gasteiger partial charge is 0.491 e. The lowest BCUT2D eigenvalue weighted by atomic mass is 10.3. The molecule has 0 spiro atoms. The van der Waals surface area contributed by atoms with Crippen molar-refractivity contribution < 1.29 is 19.7 Å². The Hall–Kier alpha value is -1.30. The highest BCUT2D eigenvalue weighted by Crippen LogP contribution is 2.17. The molecule has 0 aliphatic rings. The van der Waals surface area contributed by atoms with Crippen LogP contribution in [0.3, 0.4) is 0 Å². The third-order valence-corrected chi connectivity index (χ3v) is 2.14. The van der Waals surface area contributed by atoms with Gasteiger partial charge in [-0.1, -0.05) is 6.07 Å². The first-order valence-corrected chi connectivity index (χ1v) is 5.51. The van der Waals surface area contributed by atoms with E-state index in [0.29, 0.717) is 19.8 Å². The minimum Gasteiger partial charge on any atom is -0.491 e. The highest BCUT2D eigenvalue weighted by molar-refractivity contribution is 5.48. The first kappa shape index (κ1) is 13.8. The standard InChI is InChI=1S/C12H19NO4/c1-16-5-6-17-12-4-2-3-10(7-12)13-8-11(15)9-14/h2-4,7,11,13-15H,5-6,8-9H2,1H3. The Kier molecular flexibility index (Phi) is 6.39. The molecule has 1 aromatic rings. The van der Waals surface area contributed by atoms with Crippen molar-refractivity contribution >= 4 is 5.69 Å². The SMILES string of the molecule is COCCOc1cccc(NCC(O)CO)c1. The predicted molar refractivity (Wildman–Crippen MR) is 65.4 cm³/mol. The van der Waals surface area contributed by atoms with Gasteiger partial charge in [0.2, 0.25) is 0 Å². The minimum atomic E-state index is -0.756. The van der Waals surface area contributed by atoms with Crippen LogP contribution in [0.4, 0.5) is 5.69 Å². The van der Waals surface area contributed by atoms with Crippen LogP contribution in [-0.4, -0.2) is 49.8 Å². The first-order chi connectivity index (χ1) is 8.26. The average Bonchev–Trinajstić information content (AvgIpc) is 2.37. The van der Waals surface area contributed by atoms with Crippen LogP contribution in [0.25, 0.3) is 0 Å². The zero-order chi connectivity index (χ0) is 12.5. The minimum absolute atomic E-state index is 0.253. The van der Waals surface area contributed by atoms with Crippen molar-refractivity contribution in [3.63, 3.8) is 0 Å². The molecule has 96 valence electrons. The van der Waals surface area contributed by atoms with E-state index in [4.69, 9.17) is 14.6 Å². The van der Waals surface area contributed by atoms with Crippen LogP contribution < -0.4 is 10.1 Å². The van der Waals surface area contributed by atoms with E-state index in [-0.39, 0.29) is 6.61 Å². The van der Waals surface area contributed by atoms with Gasteiger partial charge < -0.3 is 25.0 Å². The fourth-order valence-corrected chi connectivity index (χ4v) is 1.24. The van der Waals surface area contributed by atoms with Crippen LogP contribution in [0.2, 0.25) is 0 Å². The lowest BCUT2D eigenvalue weighted by Gasteiger charge is -2.11. The molecule has 5 nitrogen and oxygen atoms in total. The van der Waals surface area contributed by atoms with Crippen molar-refractivity contribution in [2.45, 2.75) is 6.10 Å². The van der Waals surface area contributed by atoms with Crippen LogP contribution in [0, 0.1) is 0 Å². The van der Waals surface area contributed by atoms with E-state index in [1.807, 2.05) is 24.3 Å². The summed E-state index contributed by atoms with van der Waals surface area (Å²) in [6.07, 6.45) is -0.756. The number of aliphatic hydroxyl groups is 2. The summed E-state index contributed by atoms with van der Waals surface area (Å²) in [5.74, 6) is 0.741. The maximum Gasteiger partial charge on any atom is 0.121 e. The molecule has 1 rings (SSSR count). The van der Waals surface area contributed by atoms with Crippen molar-refractivity contribution in [1.29, 1.82) is 0 Å². The quantitative estimate of drug-likeness (QED) is 0.577. The molecule has 0 amide bonds. The molecule has 3 N–H and O–H groups in total. The Labute approximate surface area is 101 Å². The summed E-state index contributed by atoms with van der Waals surface area (Å²) < 4.78 is 10.3. The van der Waals surface area contributed by atoms with Gasteiger partial charge in [-0.05, 0) is 12.1 Å². The lowest BCUT2D eigenvalue weighted by Crippen LogP contribution is -2.22. The number of anilines is 1. The second-order valence-electron chi connectivity index (χ2n) is 3.59. The zero-order valence-corrected chi connectivity index (χ0v) is 9.93. The molecule has 0 aliphatic carbocycles. The number of benzene rings is 1. The van der Waals surface area contributed by atoms with Crippen molar-refractivity contribution in [2.24, 2.45) is 0 Å². The maximum absolute atomic E-state index is 9.20. The molecule has 1 aromatic carbocycles. The average molecular weight is 241 g/mol. The molecule has 1 atom stereocenters. The maximum atomic E-state index is 9.20. The van der Waals surface area contributed by atoms with Gasteiger partial charge in [-0.15, -0.1) is 0 Å². The smallest absolute Gasteiger partial charge is 0.121 e. The second kappa shape index (κ2) is 7.89. The summed E-state index contributed by atoms with van der Waals surface area (Å²) >= 11 is 0. The molecule has 1 unspecified atom stereocenters. The van der Waals surface area contributed by atoms with Gasteiger partial charge in [0.15, 0.2) is 0 Å². The molecular weight excluding hydrogens is 222 g/mol. The van der Waals surface area contributed by atoms with Crippen LogP contribution >= 0.6 is 0 Å². The van der Waals surface area contributed by atoms with Crippen molar-refractivity contribution in [3.05, 3.63) is 24.3 Å². The number of nitrogens with one attached hydrogen (secondary N) is 1. The highest BCUT2D eigenvalue weighted by Gasteiger charge is 2.02. The van der Waals surface area contributed by atoms with Crippen LogP contribution in [0.15, 0.2) is 24.3 Å². The third kappa shape index (κ3) is 5.53. The van der Waals surface area contributed by atoms with Crippen molar-refractivity contribution in [3.8, 4) is 5.75 Å². The fraction of sp³-hybridized carbons (Fsp3) is 0.500. The van der Waals surface area contributed by atoms with E-state index in [9.17, 15) is 5.11 Å². The van der Waals surface area contributed by atoms with E-state index in [0.717, 1.165) is 11.4 Å². The molecule has 17 heavy (non-hydrogen) atoms. The number of methoxy groups -OCH3 is 1. The summed E-state index contributed by atoms with van der Waals surface area (Å²) in [5.41, 5.74) is 0.840. The molecular formula is C12H19NO4. The number of ether oxygens (including phenoxy) is 2. The van der Waals surface area contributed by atoms with Gasteiger partial charge in [0.25, 0.3) is 0 Å². The fourth-order valence-electron chi connectivity index (χ4n) is 1.24. The van der Waals surface area contributed by atoms with E-state index in [2.05, 4.69) is 5.32 Å². The van der Waals surface area contributed by atoms with E-state index < -0.39 is 6.10 Å². The summed E-state index contributed by atoms with van der Waals surface area (Å²) in [6, 6.07) is 7.41. The molecule has 0 saturated carbocycles. The van der Waals surface area contributed by atoms with E-state index >= 15 is 0 Å². The Morgan fingerprint density at radius 1 is 1.35 bits per heavy atom. The number of rotatable bonds is 8. The zero-order valence-electron chi connectivity index (χ0n) is 9.93. The van der Waals surface area contributed by atoms with Crippen LogP contribution in [-0.2, 0) is 4.74 Å². The summed E-state index contributed by atoms with van der Waals surface area (Å²) in [6.45, 7) is 1.09. The Balaban J connectivity index is 2.42. The summed E-state index contributed by atoms with van der Waals surface area (Å²) in [5, 5.41) is 20.9. The van der Waals surface area contributed by atoms with Gasteiger partial charge >= 0.3 is 0 Å². The third-order valence-electron chi connectivity index (χ3n) is 2.14. The molecule has 0 fully saturated rings. The topological polar surface area (TPSA) is 71.0 Å². The molecule has 5 heteroatoms. The molecule has 0 aliphatic heterocycles. The van der Waals surface area contributed by atoms with Crippen molar-refractivity contribution in [1.82, 2.24) is 0 Å². The summed E-state index contributed by atoms with van der Waals surface area (Å²) in [7, 11) is 1.62. The van der Waals surface area contributed by atoms with Crippen LogP contribution in [0.1, 0.15) is 0 Å². The van der Waals surface area contributed by atoms with Gasteiger partial charge in [-0.25, -0.2) is 0 Å². The molecule has 0 bridgehead atoms.